The number of amides is 1. The third-order valence-corrected chi connectivity index (χ3v) is 4.48. The van der Waals surface area contributed by atoms with Crippen molar-refractivity contribution in [3.63, 3.8) is 0 Å². The van der Waals surface area contributed by atoms with Gasteiger partial charge in [0.15, 0.2) is 5.76 Å². The van der Waals surface area contributed by atoms with Gasteiger partial charge in [-0.15, -0.1) is 0 Å². The van der Waals surface area contributed by atoms with E-state index >= 15 is 0 Å². The van der Waals surface area contributed by atoms with Crippen LogP contribution in [0.1, 0.15) is 34.6 Å². The van der Waals surface area contributed by atoms with Gasteiger partial charge in [0, 0.05) is 17.5 Å². The molecule has 142 valence electrons. The van der Waals surface area contributed by atoms with Gasteiger partial charge < -0.3 is 19.4 Å². The first-order valence-corrected chi connectivity index (χ1v) is 9.16. The lowest BCUT2D eigenvalue weighted by molar-refractivity contribution is 0.0903. The van der Waals surface area contributed by atoms with Crippen LogP contribution in [0.2, 0.25) is 0 Å². The number of furan rings is 1. The zero-order valence-corrected chi connectivity index (χ0v) is 16.3. The molecule has 0 radical (unpaired) electrons. The van der Waals surface area contributed by atoms with Crippen LogP contribution in [0, 0.1) is 6.92 Å². The Hall–Kier alpha value is -2.79. The van der Waals surface area contributed by atoms with Gasteiger partial charge in [-0.25, -0.2) is 0 Å². The van der Waals surface area contributed by atoms with Crippen LogP contribution in [0.3, 0.4) is 0 Å². The van der Waals surface area contributed by atoms with E-state index in [0.717, 1.165) is 22.3 Å². The number of likely N-dealkylation sites (N-methyl/N-ethyl adjacent to an activating group) is 1. The number of nitrogens with zero attached hydrogens (tertiary/aromatic N) is 1. The number of hydrogen-bond acceptors (Lipinski definition) is 4. The van der Waals surface area contributed by atoms with Crippen LogP contribution in [0.15, 0.2) is 52.9 Å². The maximum Gasteiger partial charge on any atom is 0.287 e. The van der Waals surface area contributed by atoms with Crippen molar-refractivity contribution in [1.82, 2.24) is 10.2 Å². The van der Waals surface area contributed by atoms with Gasteiger partial charge in [-0.1, -0.05) is 30.3 Å². The number of carbonyl (C=O) groups excluding carboxylic acids is 1. The van der Waals surface area contributed by atoms with E-state index in [1.54, 1.807) is 0 Å². The van der Waals surface area contributed by atoms with Gasteiger partial charge in [-0.2, -0.15) is 0 Å². The van der Waals surface area contributed by atoms with Crippen molar-refractivity contribution in [2.24, 2.45) is 0 Å². The largest absolute Gasteiger partial charge is 0.494 e. The van der Waals surface area contributed by atoms with Crippen LogP contribution in [0.4, 0.5) is 0 Å². The fraction of sp³-hybridized carbons (Fsp3) is 0.318. The van der Waals surface area contributed by atoms with Gasteiger partial charge in [-0.05, 0) is 51.7 Å². The van der Waals surface area contributed by atoms with Gasteiger partial charge >= 0.3 is 0 Å². The summed E-state index contributed by atoms with van der Waals surface area (Å²) in [6.45, 7) is 5.14. The molecule has 0 aliphatic rings. The lowest BCUT2D eigenvalue weighted by Crippen LogP contribution is -2.35. The fourth-order valence-electron chi connectivity index (χ4n) is 3.18. The highest BCUT2D eigenvalue weighted by Crippen LogP contribution is 2.29. The average molecular weight is 366 g/mol. The Morgan fingerprint density at radius 1 is 1.19 bits per heavy atom. The molecule has 0 bridgehead atoms. The number of benzene rings is 2. The summed E-state index contributed by atoms with van der Waals surface area (Å²) < 4.78 is 11.4. The van der Waals surface area contributed by atoms with Crippen LogP contribution in [0.5, 0.6) is 5.75 Å². The quantitative estimate of drug-likeness (QED) is 0.682. The topological polar surface area (TPSA) is 54.7 Å². The van der Waals surface area contributed by atoms with Crippen LogP contribution >= 0.6 is 0 Å². The molecule has 0 unspecified atom stereocenters. The van der Waals surface area contributed by atoms with E-state index in [1.165, 1.54) is 0 Å². The molecule has 0 saturated heterocycles. The Kier molecular flexibility index (Phi) is 5.81. The van der Waals surface area contributed by atoms with Gasteiger partial charge in [0.25, 0.3) is 5.91 Å². The van der Waals surface area contributed by atoms with E-state index in [9.17, 15) is 4.79 Å². The van der Waals surface area contributed by atoms with Crippen molar-refractivity contribution in [3.05, 3.63) is 65.4 Å². The van der Waals surface area contributed by atoms with Crippen molar-refractivity contribution in [1.29, 1.82) is 0 Å². The smallest absolute Gasteiger partial charge is 0.287 e. The molecule has 0 aliphatic carbocycles. The molecule has 1 atom stereocenters. The maximum atomic E-state index is 13.0. The third kappa shape index (κ3) is 4.31. The first-order valence-electron chi connectivity index (χ1n) is 9.16. The molecular weight excluding hydrogens is 340 g/mol. The van der Waals surface area contributed by atoms with Crippen molar-refractivity contribution < 1.29 is 13.9 Å². The molecule has 5 heteroatoms. The van der Waals surface area contributed by atoms with Gasteiger partial charge in [0.1, 0.15) is 11.3 Å². The van der Waals surface area contributed by atoms with Gasteiger partial charge in [0.05, 0.1) is 12.6 Å². The van der Waals surface area contributed by atoms with E-state index in [0.29, 0.717) is 24.5 Å². The molecule has 1 amide bonds. The lowest BCUT2D eigenvalue weighted by Gasteiger charge is -2.22. The maximum absolute atomic E-state index is 13.0. The van der Waals surface area contributed by atoms with Crippen molar-refractivity contribution in [3.8, 4) is 5.75 Å². The van der Waals surface area contributed by atoms with Gasteiger partial charge in [0.2, 0.25) is 0 Å². The minimum Gasteiger partial charge on any atom is -0.494 e. The summed E-state index contributed by atoms with van der Waals surface area (Å²) in [7, 11) is 3.98. The minimum absolute atomic E-state index is 0.125. The summed E-state index contributed by atoms with van der Waals surface area (Å²) in [4.78, 5) is 15.0. The Balaban J connectivity index is 1.88. The number of rotatable bonds is 7. The Bertz CT molecular complexity index is 916. The molecule has 0 aliphatic heterocycles. The normalized spacial score (nSPS) is 12.3. The molecule has 5 nitrogen and oxygen atoms in total. The predicted molar refractivity (Wildman–Crippen MR) is 107 cm³/mol. The first kappa shape index (κ1) is 19.0. The molecular formula is C22H26N2O3. The number of fused-ring (bicyclic) bond motifs is 1. The Morgan fingerprint density at radius 2 is 1.93 bits per heavy atom. The molecule has 3 aromatic rings. The predicted octanol–water partition coefficient (Wildman–Crippen LogP) is 4.17. The van der Waals surface area contributed by atoms with Crippen LogP contribution in [0.25, 0.3) is 11.0 Å². The van der Waals surface area contributed by atoms with Crippen molar-refractivity contribution in [2.45, 2.75) is 19.9 Å². The average Bonchev–Trinajstić information content (AvgIpc) is 2.98. The summed E-state index contributed by atoms with van der Waals surface area (Å²) in [5.74, 6) is 0.909. The van der Waals surface area contributed by atoms with Crippen molar-refractivity contribution >= 4 is 16.9 Å². The second-order valence-electron chi connectivity index (χ2n) is 6.85. The van der Waals surface area contributed by atoms with Crippen LogP contribution in [-0.4, -0.2) is 38.1 Å². The van der Waals surface area contributed by atoms with E-state index < -0.39 is 0 Å². The summed E-state index contributed by atoms with van der Waals surface area (Å²) >= 11 is 0. The number of nitrogens with one attached hydrogen (secondary N) is 1. The highest BCUT2D eigenvalue weighted by molar-refractivity contribution is 5.99. The zero-order chi connectivity index (χ0) is 19.4. The summed E-state index contributed by atoms with van der Waals surface area (Å²) in [6, 6.07) is 15.5. The highest BCUT2D eigenvalue weighted by Gasteiger charge is 2.22. The van der Waals surface area contributed by atoms with Crippen LogP contribution in [-0.2, 0) is 0 Å². The number of ether oxygens (including phenoxy) is 1. The van der Waals surface area contributed by atoms with Crippen molar-refractivity contribution in [2.75, 3.05) is 27.2 Å². The fourth-order valence-corrected chi connectivity index (χ4v) is 3.18. The first-order chi connectivity index (χ1) is 13.0. The highest BCUT2D eigenvalue weighted by atomic mass is 16.5. The minimum atomic E-state index is -0.211. The molecule has 0 fully saturated rings. The molecule has 1 N–H and O–H groups in total. The Labute approximate surface area is 159 Å². The molecule has 1 aromatic heterocycles. The molecule has 0 saturated carbocycles. The number of carbonyl (C=O) groups is 1. The standard InChI is InChI=1S/C22H26N2O3/c1-5-26-17-11-12-20-18(13-17)15(2)21(27-20)22(25)23-19(14-24(3)4)16-9-7-6-8-10-16/h6-13,19H,5,14H2,1-4H3,(H,23,25)/t19-/m0/s1. The third-order valence-electron chi connectivity index (χ3n) is 4.48. The lowest BCUT2D eigenvalue weighted by atomic mass is 10.1. The molecule has 0 spiro atoms. The van der Waals surface area contributed by atoms with E-state index in [-0.39, 0.29) is 11.9 Å². The Morgan fingerprint density at radius 3 is 2.59 bits per heavy atom. The summed E-state index contributed by atoms with van der Waals surface area (Å²) in [6.07, 6.45) is 0. The molecule has 1 heterocycles. The van der Waals surface area contributed by atoms with E-state index in [4.69, 9.17) is 9.15 Å². The molecule has 2 aromatic carbocycles. The summed E-state index contributed by atoms with van der Waals surface area (Å²) in [5.41, 5.74) is 2.57. The summed E-state index contributed by atoms with van der Waals surface area (Å²) in [5, 5.41) is 4.02. The second kappa shape index (κ2) is 8.27. The zero-order valence-electron chi connectivity index (χ0n) is 16.3. The number of aryl methyl sites for hydroxylation is 1. The molecule has 3 rings (SSSR count). The second-order valence-corrected chi connectivity index (χ2v) is 6.85. The van der Waals surface area contributed by atoms with E-state index in [2.05, 4.69) is 10.2 Å². The molecule has 27 heavy (non-hydrogen) atoms. The van der Waals surface area contributed by atoms with E-state index in [1.807, 2.05) is 76.5 Å². The number of hydrogen-bond donors (Lipinski definition) is 1. The van der Waals surface area contributed by atoms with Crippen LogP contribution < -0.4 is 10.1 Å². The van der Waals surface area contributed by atoms with Gasteiger partial charge in [-0.3, -0.25) is 4.79 Å². The monoisotopic (exact) mass is 366 g/mol. The SMILES string of the molecule is CCOc1ccc2oc(C(=O)N[C@@H](CN(C)C)c3ccccc3)c(C)c2c1.